The number of methoxy groups -OCH3 is 1. The van der Waals surface area contributed by atoms with Crippen molar-refractivity contribution < 1.29 is 28.7 Å². The summed E-state index contributed by atoms with van der Waals surface area (Å²) in [6, 6.07) is 12.4. The largest absolute Gasteiger partial charge is 0.497 e. The van der Waals surface area contributed by atoms with Gasteiger partial charge in [-0.1, -0.05) is 36.4 Å². The number of benzene rings is 2. The third-order valence-corrected chi connectivity index (χ3v) is 6.84. The van der Waals surface area contributed by atoms with E-state index >= 15 is 0 Å². The molecule has 0 saturated carbocycles. The minimum atomic E-state index is -1.15. The highest BCUT2D eigenvalue weighted by Crippen LogP contribution is 2.41. The van der Waals surface area contributed by atoms with Crippen LogP contribution in [0.4, 0.5) is 9.59 Å². The molecule has 0 aromatic heterocycles. The summed E-state index contributed by atoms with van der Waals surface area (Å²) in [5.74, 6) is -0.460. The van der Waals surface area contributed by atoms with Gasteiger partial charge in [0.05, 0.1) is 37.6 Å². The van der Waals surface area contributed by atoms with Crippen LogP contribution in [-0.2, 0) is 26.3 Å². The molecule has 2 atom stereocenters. The molecule has 2 aromatic rings. The van der Waals surface area contributed by atoms with E-state index < -0.39 is 35.5 Å². The fourth-order valence-corrected chi connectivity index (χ4v) is 5.13. The Morgan fingerprint density at radius 3 is 2.58 bits per heavy atom. The first-order chi connectivity index (χ1) is 17.4. The maximum absolute atomic E-state index is 13.6. The highest BCUT2D eigenvalue weighted by molar-refractivity contribution is 6.08. The molecule has 1 spiro atoms. The Labute approximate surface area is 207 Å². The van der Waals surface area contributed by atoms with E-state index in [9.17, 15) is 19.2 Å². The van der Waals surface area contributed by atoms with E-state index in [4.69, 9.17) is 9.47 Å². The molecule has 5 rings (SSSR count). The Kier molecular flexibility index (Phi) is 5.87. The number of ether oxygens (including phenoxy) is 2. The fraction of sp³-hybridized carbons (Fsp3) is 0.308. The summed E-state index contributed by atoms with van der Waals surface area (Å²) in [7, 11) is 1.54. The number of nitrogens with zero attached hydrogens (tertiary/aromatic N) is 1. The number of nitrogens with one attached hydrogen (secondary N) is 3. The third kappa shape index (κ3) is 3.74. The van der Waals surface area contributed by atoms with Crippen molar-refractivity contribution in [3.05, 3.63) is 76.5 Å². The van der Waals surface area contributed by atoms with Gasteiger partial charge in [-0.3, -0.25) is 9.69 Å². The molecule has 2 aromatic carbocycles. The van der Waals surface area contributed by atoms with E-state index in [1.807, 2.05) is 24.3 Å². The second-order valence-corrected chi connectivity index (χ2v) is 8.80. The van der Waals surface area contributed by atoms with E-state index in [0.717, 1.165) is 16.0 Å². The van der Waals surface area contributed by atoms with E-state index in [2.05, 4.69) is 16.0 Å². The topological polar surface area (TPSA) is 126 Å². The van der Waals surface area contributed by atoms with Crippen molar-refractivity contribution in [1.29, 1.82) is 0 Å². The van der Waals surface area contributed by atoms with Gasteiger partial charge in [-0.25, -0.2) is 14.4 Å². The Morgan fingerprint density at radius 1 is 1.11 bits per heavy atom. The summed E-state index contributed by atoms with van der Waals surface area (Å²) in [5, 5.41) is 8.24. The summed E-state index contributed by atoms with van der Waals surface area (Å²) >= 11 is 0. The highest BCUT2D eigenvalue weighted by atomic mass is 16.5. The van der Waals surface area contributed by atoms with Gasteiger partial charge in [0.15, 0.2) is 0 Å². The number of urea groups is 2. The van der Waals surface area contributed by atoms with Crippen molar-refractivity contribution in [3.63, 3.8) is 0 Å². The number of esters is 1. The molecule has 2 unspecified atom stereocenters. The Bertz CT molecular complexity index is 1290. The van der Waals surface area contributed by atoms with Gasteiger partial charge >= 0.3 is 18.0 Å². The number of aryl methyl sites for hydroxylation is 1. The van der Waals surface area contributed by atoms with Gasteiger partial charge in [0.2, 0.25) is 0 Å². The molecule has 0 radical (unpaired) electrons. The lowest BCUT2D eigenvalue weighted by Crippen LogP contribution is -2.49. The molecule has 186 valence electrons. The maximum Gasteiger partial charge on any atom is 0.338 e. The maximum atomic E-state index is 13.6. The molecule has 1 fully saturated rings. The van der Waals surface area contributed by atoms with Crippen LogP contribution in [0.5, 0.6) is 5.75 Å². The van der Waals surface area contributed by atoms with Gasteiger partial charge in [0.25, 0.3) is 5.91 Å². The first-order valence-corrected chi connectivity index (χ1v) is 11.7. The Morgan fingerprint density at radius 2 is 1.86 bits per heavy atom. The van der Waals surface area contributed by atoms with Gasteiger partial charge in [-0.05, 0) is 48.6 Å². The van der Waals surface area contributed by atoms with Gasteiger partial charge in [-0.15, -0.1) is 0 Å². The fourth-order valence-electron chi connectivity index (χ4n) is 5.13. The number of imide groups is 1. The molecule has 36 heavy (non-hydrogen) atoms. The molecule has 0 bridgehead atoms. The molecular weight excluding hydrogens is 464 g/mol. The summed E-state index contributed by atoms with van der Waals surface area (Å²) in [5.41, 5.74) is 1.50. The van der Waals surface area contributed by atoms with Crippen molar-refractivity contribution >= 4 is 23.9 Å². The smallest absolute Gasteiger partial charge is 0.338 e. The highest BCUT2D eigenvalue weighted by Gasteiger charge is 2.55. The quantitative estimate of drug-likeness (QED) is 0.421. The number of fused-ring (bicyclic) bond motifs is 2. The number of amides is 5. The SMILES string of the molecule is CCOC(=O)C1=C(CN2C(=O)NC3(CCc4ccccc43)C2=O)NC(=O)NC1c1ccc(OC)cc1. The van der Waals surface area contributed by atoms with Crippen LogP contribution in [0.1, 0.15) is 36.1 Å². The average Bonchev–Trinajstić information content (AvgIpc) is 3.36. The average molecular weight is 491 g/mol. The van der Waals surface area contributed by atoms with Crippen molar-refractivity contribution in [2.45, 2.75) is 31.3 Å². The number of hydrogen-bond acceptors (Lipinski definition) is 6. The van der Waals surface area contributed by atoms with E-state index in [1.165, 1.54) is 7.11 Å². The van der Waals surface area contributed by atoms with Crippen molar-refractivity contribution in [2.24, 2.45) is 0 Å². The molecule has 2 heterocycles. The molecular formula is C26H26N4O6. The first kappa shape index (κ1) is 23.4. The molecule has 10 heteroatoms. The Hall–Kier alpha value is -4.34. The van der Waals surface area contributed by atoms with Gasteiger partial charge < -0.3 is 25.4 Å². The second kappa shape index (κ2) is 9.03. The third-order valence-electron chi connectivity index (χ3n) is 6.84. The lowest BCUT2D eigenvalue weighted by Gasteiger charge is -2.31. The minimum absolute atomic E-state index is 0.113. The zero-order valence-corrected chi connectivity index (χ0v) is 19.9. The molecule has 5 amide bonds. The summed E-state index contributed by atoms with van der Waals surface area (Å²) in [6.07, 6.45) is 1.10. The van der Waals surface area contributed by atoms with Crippen LogP contribution in [0, 0.1) is 0 Å². The number of hydrogen-bond donors (Lipinski definition) is 3. The van der Waals surface area contributed by atoms with Gasteiger partial charge in [0, 0.05) is 0 Å². The molecule has 2 aliphatic heterocycles. The number of carbonyl (C=O) groups excluding carboxylic acids is 4. The van der Waals surface area contributed by atoms with E-state index in [-0.39, 0.29) is 24.4 Å². The summed E-state index contributed by atoms with van der Waals surface area (Å²) < 4.78 is 10.5. The summed E-state index contributed by atoms with van der Waals surface area (Å²) in [4.78, 5) is 53.4. The summed E-state index contributed by atoms with van der Waals surface area (Å²) in [6.45, 7) is 1.50. The van der Waals surface area contributed by atoms with Gasteiger partial charge in [0.1, 0.15) is 11.3 Å². The van der Waals surface area contributed by atoms with Crippen molar-refractivity contribution in [3.8, 4) is 5.75 Å². The Balaban J connectivity index is 1.53. The van der Waals surface area contributed by atoms with E-state index in [1.54, 1.807) is 31.2 Å². The predicted octanol–water partition coefficient (Wildman–Crippen LogP) is 2.26. The van der Waals surface area contributed by atoms with Crippen LogP contribution in [-0.4, -0.2) is 49.1 Å². The normalized spacial score (nSPS) is 22.8. The van der Waals surface area contributed by atoms with Crippen LogP contribution < -0.4 is 20.7 Å². The zero-order chi connectivity index (χ0) is 25.4. The number of rotatable bonds is 6. The predicted molar refractivity (Wildman–Crippen MR) is 128 cm³/mol. The molecule has 3 N–H and O–H groups in total. The lowest BCUT2D eigenvalue weighted by molar-refractivity contribution is -0.139. The molecule has 3 aliphatic rings. The van der Waals surface area contributed by atoms with Crippen molar-refractivity contribution in [2.75, 3.05) is 20.3 Å². The second-order valence-electron chi connectivity index (χ2n) is 8.80. The van der Waals surface area contributed by atoms with Crippen molar-refractivity contribution in [1.82, 2.24) is 20.9 Å². The van der Waals surface area contributed by atoms with Gasteiger partial charge in [-0.2, -0.15) is 0 Å². The van der Waals surface area contributed by atoms with Crippen LogP contribution in [0.3, 0.4) is 0 Å². The lowest BCUT2D eigenvalue weighted by atomic mass is 9.91. The number of carbonyl (C=O) groups is 4. The molecule has 1 aliphatic carbocycles. The van der Waals surface area contributed by atoms with Crippen LogP contribution in [0.15, 0.2) is 59.8 Å². The van der Waals surface area contributed by atoms with Crippen LogP contribution >= 0.6 is 0 Å². The first-order valence-electron chi connectivity index (χ1n) is 11.7. The zero-order valence-electron chi connectivity index (χ0n) is 19.9. The van der Waals surface area contributed by atoms with Crippen LogP contribution in [0.25, 0.3) is 0 Å². The standard InChI is InChI=1S/C26H26N4O6/c1-3-36-22(31)20-19(27-24(33)28-21(20)16-8-10-17(35-2)11-9-16)14-30-23(32)26(29-25(30)34)13-12-15-6-4-5-7-18(15)26/h4-11,21H,3,12-14H2,1-2H3,(H,29,34)(H2,27,28,33). The monoisotopic (exact) mass is 490 g/mol. The van der Waals surface area contributed by atoms with E-state index in [0.29, 0.717) is 24.2 Å². The minimum Gasteiger partial charge on any atom is -0.497 e. The molecule has 1 saturated heterocycles. The molecule has 10 nitrogen and oxygen atoms in total. The van der Waals surface area contributed by atoms with Crippen LogP contribution in [0.2, 0.25) is 0 Å².